The number of furan rings is 1. The molecule has 25 heavy (non-hydrogen) atoms. The van der Waals surface area contributed by atoms with Gasteiger partial charge in [0, 0.05) is 19.0 Å². The second-order valence-corrected chi connectivity index (χ2v) is 8.92. The Morgan fingerprint density at radius 2 is 1.76 bits per heavy atom. The van der Waals surface area contributed by atoms with Crippen LogP contribution in [-0.4, -0.2) is 66.7 Å². The van der Waals surface area contributed by atoms with Crippen LogP contribution in [0, 0.1) is 5.92 Å². The summed E-state index contributed by atoms with van der Waals surface area (Å²) < 4.78 is 29.4. The molecule has 8 heteroatoms. The zero-order valence-corrected chi connectivity index (χ0v) is 15.4. The van der Waals surface area contributed by atoms with Crippen molar-refractivity contribution in [1.29, 1.82) is 0 Å². The zero-order valence-electron chi connectivity index (χ0n) is 14.6. The van der Waals surface area contributed by atoms with Gasteiger partial charge in [0.25, 0.3) is 5.91 Å². The third kappa shape index (κ3) is 3.31. The van der Waals surface area contributed by atoms with Crippen LogP contribution in [0.2, 0.25) is 0 Å². The van der Waals surface area contributed by atoms with E-state index in [0.29, 0.717) is 18.7 Å². The van der Waals surface area contributed by atoms with Crippen molar-refractivity contribution >= 4 is 21.7 Å². The fraction of sp³-hybridized carbons (Fsp3) is 0.647. The van der Waals surface area contributed by atoms with Crippen LogP contribution in [-0.2, 0) is 14.6 Å². The first-order chi connectivity index (χ1) is 11.9. The van der Waals surface area contributed by atoms with Crippen LogP contribution in [0.15, 0.2) is 23.0 Å². The molecule has 2 atom stereocenters. The fourth-order valence-corrected chi connectivity index (χ4v) is 5.88. The van der Waals surface area contributed by atoms with Crippen molar-refractivity contribution in [1.82, 2.24) is 9.80 Å². The number of sulfone groups is 1. The topological polar surface area (TPSA) is 87.9 Å². The number of nitrogens with zero attached hydrogens (tertiary/aromatic N) is 2. The predicted molar refractivity (Wildman–Crippen MR) is 91.8 cm³/mol. The van der Waals surface area contributed by atoms with Crippen LogP contribution in [0.5, 0.6) is 0 Å². The van der Waals surface area contributed by atoms with Gasteiger partial charge >= 0.3 is 0 Å². The number of hydrogen-bond acceptors (Lipinski definition) is 5. The molecule has 0 aliphatic carbocycles. The van der Waals surface area contributed by atoms with Gasteiger partial charge in [-0.3, -0.25) is 9.59 Å². The summed E-state index contributed by atoms with van der Waals surface area (Å²) in [5.74, 6) is -0.491. The van der Waals surface area contributed by atoms with E-state index in [0.717, 1.165) is 12.8 Å². The molecule has 1 aromatic heterocycles. The lowest BCUT2D eigenvalue weighted by Gasteiger charge is -2.44. The van der Waals surface area contributed by atoms with Crippen LogP contribution in [0.4, 0.5) is 0 Å². The van der Waals surface area contributed by atoms with Crippen molar-refractivity contribution < 1.29 is 22.4 Å². The summed E-state index contributed by atoms with van der Waals surface area (Å²) in [5, 5.41) is 0. The highest BCUT2D eigenvalue weighted by molar-refractivity contribution is 7.91. The molecule has 138 valence electrons. The van der Waals surface area contributed by atoms with E-state index in [4.69, 9.17) is 4.42 Å². The molecule has 2 aliphatic rings. The van der Waals surface area contributed by atoms with E-state index in [1.54, 1.807) is 15.9 Å². The largest absolute Gasteiger partial charge is 0.472 e. The summed E-state index contributed by atoms with van der Waals surface area (Å²) in [6.07, 6.45) is 4.24. The highest BCUT2D eigenvalue weighted by Crippen LogP contribution is 2.30. The summed E-state index contributed by atoms with van der Waals surface area (Å²) in [7, 11) is -3.28. The summed E-state index contributed by atoms with van der Waals surface area (Å²) in [6.45, 7) is 4.64. The zero-order chi connectivity index (χ0) is 18.2. The second-order valence-electron chi connectivity index (χ2n) is 6.77. The summed E-state index contributed by atoms with van der Waals surface area (Å²) >= 11 is 0. The van der Waals surface area contributed by atoms with Gasteiger partial charge in [-0.25, -0.2) is 8.42 Å². The highest BCUT2D eigenvalue weighted by atomic mass is 32.2. The van der Waals surface area contributed by atoms with Gasteiger partial charge in [0.1, 0.15) is 6.26 Å². The number of piperazine rings is 1. The van der Waals surface area contributed by atoms with Gasteiger partial charge in [0.05, 0.1) is 35.4 Å². The highest BCUT2D eigenvalue weighted by Gasteiger charge is 2.50. The maximum Gasteiger partial charge on any atom is 0.257 e. The van der Waals surface area contributed by atoms with E-state index in [9.17, 15) is 18.0 Å². The van der Waals surface area contributed by atoms with Crippen molar-refractivity contribution in [2.75, 3.05) is 24.6 Å². The number of carbonyl (C=O) groups excluding carboxylic acids is 2. The minimum Gasteiger partial charge on any atom is -0.472 e. The molecular formula is C17H24N2O5S. The van der Waals surface area contributed by atoms with Crippen LogP contribution in [0.25, 0.3) is 0 Å². The molecule has 0 saturated carbocycles. The molecule has 2 aliphatic heterocycles. The van der Waals surface area contributed by atoms with Crippen LogP contribution >= 0.6 is 0 Å². The molecule has 1 aromatic rings. The molecule has 0 bridgehead atoms. The van der Waals surface area contributed by atoms with Crippen molar-refractivity contribution in [3.63, 3.8) is 0 Å². The number of carbonyl (C=O) groups is 2. The Balaban J connectivity index is 1.87. The molecule has 0 N–H and O–H groups in total. The van der Waals surface area contributed by atoms with Gasteiger partial charge in [-0.05, 0) is 18.9 Å². The normalized spacial score (nSPS) is 25.2. The van der Waals surface area contributed by atoms with E-state index in [1.165, 1.54) is 12.5 Å². The Labute approximate surface area is 147 Å². The first kappa shape index (κ1) is 18.0. The van der Waals surface area contributed by atoms with E-state index in [1.807, 2.05) is 13.8 Å². The van der Waals surface area contributed by atoms with Gasteiger partial charge in [0.2, 0.25) is 5.91 Å². The molecular weight excluding hydrogens is 344 g/mol. The Morgan fingerprint density at radius 1 is 1.16 bits per heavy atom. The molecule has 7 nitrogen and oxygen atoms in total. The monoisotopic (exact) mass is 368 g/mol. The SMILES string of the molecule is CCC(CC)C(=O)N1CCN(C(=O)c2ccoc2)[C@H]2CS(=O)(=O)C[C@H]21. The molecule has 0 aromatic carbocycles. The van der Waals surface area contributed by atoms with E-state index in [-0.39, 0.29) is 29.2 Å². The molecule has 2 fully saturated rings. The lowest BCUT2D eigenvalue weighted by Crippen LogP contribution is -2.62. The van der Waals surface area contributed by atoms with Crippen molar-refractivity contribution in [2.45, 2.75) is 38.8 Å². The molecule has 0 spiro atoms. The van der Waals surface area contributed by atoms with Crippen LogP contribution < -0.4 is 0 Å². The van der Waals surface area contributed by atoms with Gasteiger partial charge < -0.3 is 14.2 Å². The Kier molecular flexibility index (Phi) is 4.90. The van der Waals surface area contributed by atoms with Gasteiger partial charge in [-0.1, -0.05) is 13.8 Å². The van der Waals surface area contributed by atoms with Crippen molar-refractivity contribution in [3.8, 4) is 0 Å². The van der Waals surface area contributed by atoms with Gasteiger partial charge in [-0.2, -0.15) is 0 Å². The van der Waals surface area contributed by atoms with E-state index >= 15 is 0 Å². The third-order valence-electron chi connectivity index (χ3n) is 5.32. The Morgan fingerprint density at radius 3 is 2.32 bits per heavy atom. The maximum atomic E-state index is 12.8. The lowest BCUT2D eigenvalue weighted by molar-refractivity contribution is -0.141. The smallest absolute Gasteiger partial charge is 0.257 e. The predicted octanol–water partition coefficient (Wildman–Crippen LogP) is 1.17. The number of rotatable bonds is 4. The van der Waals surface area contributed by atoms with Crippen molar-refractivity contribution in [2.24, 2.45) is 5.92 Å². The Hall–Kier alpha value is -1.83. The third-order valence-corrected chi connectivity index (χ3v) is 7.02. The lowest BCUT2D eigenvalue weighted by atomic mass is 9.97. The standard InChI is InChI=1S/C17H24N2O5S/c1-3-12(4-2)16(20)18-6-7-19(17(21)13-5-8-24-9-13)15-11-25(22,23)10-14(15)18/h5,8-9,12,14-15H,3-4,6-7,10-11H2,1-2H3/t14-,15+/m1/s1. The summed E-state index contributed by atoms with van der Waals surface area (Å²) in [4.78, 5) is 28.8. The quantitative estimate of drug-likeness (QED) is 0.796. The van der Waals surface area contributed by atoms with E-state index < -0.39 is 21.9 Å². The second kappa shape index (κ2) is 6.82. The molecule has 3 rings (SSSR count). The molecule has 3 heterocycles. The van der Waals surface area contributed by atoms with Crippen LogP contribution in [0.1, 0.15) is 37.0 Å². The maximum absolute atomic E-state index is 12.8. The average Bonchev–Trinajstić information content (AvgIpc) is 3.20. The molecule has 0 radical (unpaired) electrons. The summed E-state index contributed by atoms with van der Waals surface area (Å²) in [5.41, 5.74) is 0.405. The van der Waals surface area contributed by atoms with Crippen LogP contribution in [0.3, 0.4) is 0 Å². The summed E-state index contributed by atoms with van der Waals surface area (Å²) in [6, 6.07) is 0.629. The minimum atomic E-state index is -3.28. The average molecular weight is 368 g/mol. The number of fused-ring (bicyclic) bond motifs is 1. The van der Waals surface area contributed by atoms with Crippen molar-refractivity contribution in [3.05, 3.63) is 24.2 Å². The van der Waals surface area contributed by atoms with Gasteiger partial charge in [0.15, 0.2) is 9.84 Å². The first-order valence-electron chi connectivity index (χ1n) is 8.72. The molecule has 2 amide bonds. The minimum absolute atomic E-state index is 0.00695. The Bertz CT molecular complexity index is 739. The number of hydrogen-bond donors (Lipinski definition) is 0. The van der Waals surface area contributed by atoms with Gasteiger partial charge in [-0.15, -0.1) is 0 Å². The molecule has 2 saturated heterocycles. The fourth-order valence-electron chi connectivity index (χ4n) is 3.90. The van der Waals surface area contributed by atoms with E-state index in [2.05, 4.69) is 0 Å². The molecule has 0 unspecified atom stereocenters. The number of amides is 2. The first-order valence-corrected chi connectivity index (χ1v) is 10.5.